The lowest BCUT2D eigenvalue weighted by molar-refractivity contribution is -0.144. The van der Waals surface area contributed by atoms with Gasteiger partial charge in [-0.25, -0.2) is 0 Å². The standard InChI is InChI=1S/C23H30N2O3S/c26-21(23-11-15-7-16(12-23)9-17(8-15)13-23)25-22(29)24-18-3-1-4-19(10-18)28-14-20-5-2-6-27-20/h1,3-4,10,15-17,20H,2,5-9,11-14H2,(H2,24,25,26,29). The summed E-state index contributed by atoms with van der Waals surface area (Å²) < 4.78 is 11.5. The number of ether oxygens (including phenoxy) is 2. The van der Waals surface area contributed by atoms with Crippen LogP contribution >= 0.6 is 12.2 Å². The molecule has 6 heteroatoms. The molecule has 5 nitrogen and oxygen atoms in total. The summed E-state index contributed by atoms with van der Waals surface area (Å²) in [7, 11) is 0. The van der Waals surface area contributed by atoms with Crippen molar-refractivity contribution in [1.82, 2.24) is 5.32 Å². The third kappa shape index (κ3) is 4.15. The molecule has 2 N–H and O–H groups in total. The smallest absolute Gasteiger partial charge is 0.232 e. The maximum atomic E-state index is 13.1. The summed E-state index contributed by atoms with van der Waals surface area (Å²) in [6.07, 6.45) is 9.45. The van der Waals surface area contributed by atoms with Gasteiger partial charge >= 0.3 is 0 Å². The lowest BCUT2D eigenvalue weighted by atomic mass is 9.49. The van der Waals surface area contributed by atoms with E-state index in [4.69, 9.17) is 21.7 Å². The molecule has 0 radical (unpaired) electrons. The van der Waals surface area contributed by atoms with E-state index in [1.54, 1.807) is 0 Å². The molecule has 4 saturated carbocycles. The van der Waals surface area contributed by atoms with Crippen molar-refractivity contribution in [2.45, 2.75) is 57.5 Å². The summed E-state index contributed by atoms with van der Waals surface area (Å²) in [5.74, 6) is 3.13. The molecule has 0 aromatic heterocycles. The fourth-order valence-electron chi connectivity index (χ4n) is 6.42. The molecule has 1 unspecified atom stereocenters. The number of hydrogen-bond donors (Lipinski definition) is 2. The molecule has 5 aliphatic rings. The van der Waals surface area contributed by atoms with E-state index in [-0.39, 0.29) is 17.4 Å². The molecule has 1 atom stereocenters. The van der Waals surface area contributed by atoms with Crippen molar-refractivity contribution in [3.05, 3.63) is 24.3 Å². The molecule has 1 heterocycles. The van der Waals surface area contributed by atoms with Crippen LogP contribution < -0.4 is 15.4 Å². The van der Waals surface area contributed by atoms with Gasteiger partial charge in [-0.2, -0.15) is 0 Å². The van der Waals surface area contributed by atoms with Gasteiger partial charge in [-0.05, 0) is 93.5 Å². The third-order valence-electron chi connectivity index (χ3n) is 7.30. The molecule has 156 valence electrons. The molecule has 1 amide bonds. The minimum atomic E-state index is -0.188. The van der Waals surface area contributed by atoms with E-state index in [0.717, 1.165) is 67.9 Å². The molecule has 6 rings (SSSR count). The normalized spacial score (nSPS) is 34.8. The van der Waals surface area contributed by atoms with Gasteiger partial charge in [-0.1, -0.05) is 6.07 Å². The highest BCUT2D eigenvalue weighted by molar-refractivity contribution is 7.80. The minimum Gasteiger partial charge on any atom is -0.491 e. The first kappa shape index (κ1) is 19.3. The van der Waals surface area contributed by atoms with Crippen LogP contribution in [0.25, 0.3) is 0 Å². The van der Waals surface area contributed by atoms with Gasteiger partial charge in [-0.3, -0.25) is 4.79 Å². The Morgan fingerprint density at radius 2 is 1.90 bits per heavy atom. The average molecular weight is 415 g/mol. The Morgan fingerprint density at radius 1 is 1.17 bits per heavy atom. The number of amides is 1. The molecule has 4 aliphatic carbocycles. The fourth-order valence-corrected chi connectivity index (χ4v) is 6.63. The Bertz CT molecular complexity index is 755. The van der Waals surface area contributed by atoms with Crippen molar-refractivity contribution in [2.75, 3.05) is 18.5 Å². The van der Waals surface area contributed by atoms with Crippen LogP contribution in [0.3, 0.4) is 0 Å². The summed E-state index contributed by atoms with van der Waals surface area (Å²) in [5, 5.41) is 6.54. The monoisotopic (exact) mass is 414 g/mol. The highest BCUT2D eigenvalue weighted by atomic mass is 32.1. The van der Waals surface area contributed by atoms with Crippen molar-refractivity contribution in [2.24, 2.45) is 23.2 Å². The minimum absolute atomic E-state index is 0.125. The zero-order valence-corrected chi connectivity index (χ0v) is 17.6. The highest BCUT2D eigenvalue weighted by Crippen LogP contribution is 2.60. The van der Waals surface area contributed by atoms with Gasteiger partial charge in [-0.15, -0.1) is 0 Å². The predicted molar refractivity (Wildman–Crippen MR) is 116 cm³/mol. The van der Waals surface area contributed by atoms with Gasteiger partial charge in [0.1, 0.15) is 12.4 Å². The average Bonchev–Trinajstić information content (AvgIpc) is 3.19. The van der Waals surface area contributed by atoms with Crippen molar-refractivity contribution >= 4 is 28.9 Å². The van der Waals surface area contributed by atoms with E-state index in [9.17, 15) is 4.79 Å². The van der Waals surface area contributed by atoms with Gasteiger partial charge in [0.2, 0.25) is 5.91 Å². The molecule has 4 bridgehead atoms. The maximum absolute atomic E-state index is 13.1. The first-order valence-electron chi connectivity index (χ1n) is 11.0. The third-order valence-corrected chi connectivity index (χ3v) is 7.50. The van der Waals surface area contributed by atoms with Crippen molar-refractivity contribution in [3.8, 4) is 5.75 Å². The van der Waals surface area contributed by atoms with Crippen LogP contribution in [0, 0.1) is 23.2 Å². The quantitative estimate of drug-likeness (QED) is 0.705. The Hall–Kier alpha value is -1.66. The van der Waals surface area contributed by atoms with Crippen LogP contribution in [0.5, 0.6) is 5.75 Å². The van der Waals surface area contributed by atoms with Crippen LogP contribution in [0.1, 0.15) is 51.4 Å². The van der Waals surface area contributed by atoms with Crippen LogP contribution in [0.2, 0.25) is 0 Å². The van der Waals surface area contributed by atoms with E-state index in [0.29, 0.717) is 11.7 Å². The summed E-state index contributed by atoms with van der Waals surface area (Å²) in [4.78, 5) is 13.1. The first-order valence-corrected chi connectivity index (χ1v) is 11.5. The Labute approximate surface area is 177 Å². The Balaban J connectivity index is 1.17. The highest BCUT2D eigenvalue weighted by Gasteiger charge is 2.54. The second-order valence-electron chi connectivity index (χ2n) is 9.58. The largest absolute Gasteiger partial charge is 0.491 e. The number of rotatable bonds is 5. The number of hydrogen-bond acceptors (Lipinski definition) is 4. The number of carbonyl (C=O) groups is 1. The molecular weight excluding hydrogens is 384 g/mol. The van der Waals surface area contributed by atoms with Gasteiger partial charge in [0.15, 0.2) is 5.11 Å². The Morgan fingerprint density at radius 3 is 2.55 bits per heavy atom. The van der Waals surface area contributed by atoms with Crippen LogP contribution in [0.15, 0.2) is 24.3 Å². The molecule has 0 spiro atoms. The van der Waals surface area contributed by atoms with Crippen LogP contribution in [-0.4, -0.2) is 30.3 Å². The lowest BCUT2D eigenvalue weighted by Gasteiger charge is -2.55. The van der Waals surface area contributed by atoms with E-state index in [1.165, 1.54) is 19.3 Å². The number of carbonyl (C=O) groups excluding carboxylic acids is 1. The number of thiocarbonyl (C=S) groups is 1. The van der Waals surface area contributed by atoms with Crippen molar-refractivity contribution in [3.63, 3.8) is 0 Å². The van der Waals surface area contributed by atoms with E-state index < -0.39 is 0 Å². The number of benzene rings is 1. The van der Waals surface area contributed by atoms with Crippen LogP contribution in [-0.2, 0) is 9.53 Å². The fraction of sp³-hybridized carbons (Fsp3) is 0.652. The summed E-state index contributed by atoms with van der Waals surface area (Å²) >= 11 is 5.46. The molecule has 1 aromatic carbocycles. The molecule has 1 saturated heterocycles. The summed E-state index contributed by atoms with van der Waals surface area (Å²) in [5.41, 5.74) is 0.637. The topological polar surface area (TPSA) is 59.6 Å². The first-order chi connectivity index (χ1) is 14.1. The SMILES string of the molecule is O=C(NC(=S)Nc1cccc(OCC2CCCO2)c1)C12CC3CC(CC(C3)C1)C2. The second kappa shape index (κ2) is 7.88. The van der Waals surface area contributed by atoms with Gasteiger partial charge < -0.3 is 20.1 Å². The molecule has 1 aromatic rings. The molecular formula is C23H30N2O3S. The number of anilines is 1. The van der Waals surface area contributed by atoms with Crippen LogP contribution in [0.4, 0.5) is 5.69 Å². The number of nitrogens with one attached hydrogen (secondary N) is 2. The zero-order valence-electron chi connectivity index (χ0n) is 16.8. The zero-order chi connectivity index (χ0) is 19.8. The van der Waals surface area contributed by atoms with E-state index in [1.807, 2.05) is 24.3 Å². The lowest BCUT2D eigenvalue weighted by Crippen LogP contribution is -2.55. The van der Waals surface area contributed by atoms with Crippen molar-refractivity contribution < 1.29 is 14.3 Å². The van der Waals surface area contributed by atoms with E-state index >= 15 is 0 Å². The molecule has 1 aliphatic heterocycles. The maximum Gasteiger partial charge on any atom is 0.232 e. The second-order valence-corrected chi connectivity index (χ2v) is 9.99. The predicted octanol–water partition coefficient (Wildman–Crippen LogP) is 4.27. The van der Waals surface area contributed by atoms with Gasteiger partial charge in [0.25, 0.3) is 0 Å². The molecule has 29 heavy (non-hydrogen) atoms. The molecule has 5 fully saturated rings. The van der Waals surface area contributed by atoms with Gasteiger partial charge in [0.05, 0.1) is 11.5 Å². The summed E-state index contributed by atoms with van der Waals surface area (Å²) in [6.45, 7) is 1.39. The van der Waals surface area contributed by atoms with E-state index in [2.05, 4.69) is 10.6 Å². The summed E-state index contributed by atoms with van der Waals surface area (Å²) in [6, 6.07) is 7.70. The van der Waals surface area contributed by atoms with Crippen molar-refractivity contribution in [1.29, 1.82) is 0 Å². The Kier molecular flexibility index (Phi) is 5.25. The van der Waals surface area contributed by atoms with Gasteiger partial charge in [0, 0.05) is 18.4 Å².